The molecule has 0 aliphatic heterocycles. The molecule has 0 amide bonds. The molecule has 1 atom stereocenters. The van der Waals surface area contributed by atoms with Crippen LogP contribution in [0.3, 0.4) is 0 Å². The van der Waals surface area contributed by atoms with E-state index in [1.54, 1.807) is 0 Å². The van der Waals surface area contributed by atoms with Crippen LogP contribution in [0.5, 0.6) is 0 Å². The van der Waals surface area contributed by atoms with Gasteiger partial charge >= 0.3 is 0 Å². The van der Waals surface area contributed by atoms with E-state index in [2.05, 4.69) is 98.8 Å². The van der Waals surface area contributed by atoms with Gasteiger partial charge in [-0.15, -0.1) is 11.8 Å². The van der Waals surface area contributed by atoms with Crippen LogP contribution in [0.4, 0.5) is 0 Å². The van der Waals surface area contributed by atoms with Crippen LogP contribution in [0.2, 0.25) is 0 Å². The minimum Gasteiger partial charge on any atom is -0.149 e. The first-order valence-electron chi connectivity index (χ1n) is 8.86. The maximum absolute atomic E-state index is 2.24. The fourth-order valence-electron chi connectivity index (χ4n) is 2.58. The molecule has 0 radical (unpaired) electrons. The molecule has 0 N–H and O–H groups in total. The van der Waals surface area contributed by atoms with Crippen LogP contribution in [0.15, 0.2) is 85.0 Å². The second-order valence-corrected chi connectivity index (χ2v) is 7.31. The largest absolute Gasteiger partial charge is 0.149 e. The van der Waals surface area contributed by atoms with E-state index in [1.165, 1.54) is 29.7 Å². The Kier molecular flexibility index (Phi) is 8.48. The molecule has 0 bridgehead atoms. The Morgan fingerprint density at radius 1 is 0.917 bits per heavy atom. The van der Waals surface area contributed by atoms with Crippen LogP contribution in [-0.2, 0) is 0 Å². The first kappa shape index (κ1) is 18.6. The van der Waals surface area contributed by atoms with Gasteiger partial charge in [-0.05, 0) is 35.6 Å². The zero-order chi connectivity index (χ0) is 17.0. The Morgan fingerprint density at radius 2 is 1.50 bits per heavy atom. The van der Waals surface area contributed by atoms with Gasteiger partial charge in [0.05, 0.1) is 5.25 Å². The third-order valence-electron chi connectivity index (χ3n) is 3.89. The normalized spacial score (nSPS) is 15.9. The van der Waals surface area contributed by atoms with E-state index >= 15 is 0 Å². The maximum atomic E-state index is 2.24. The summed E-state index contributed by atoms with van der Waals surface area (Å²) < 4.78 is 0. The lowest BCUT2D eigenvalue weighted by atomic mass is 10.0. The van der Waals surface area contributed by atoms with Crippen molar-refractivity contribution in [1.82, 2.24) is 0 Å². The van der Waals surface area contributed by atoms with Gasteiger partial charge in [0.25, 0.3) is 0 Å². The standard InChI is InChI=1S/C16H18S.C7H10/c1-2-13-17-16(14-9-5-3-6-10-14)15-11-7-4-8-12-15;1-7-5-3-2-4-6-7/h3-12,16H,2,13H2,1H3;2-5,7H,6H2,1H3. The van der Waals surface area contributed by atoms with Crippen LogP contribution in [0.1, 0.15) is 43.1 Å². The summed E-state index contributed by atoms with van der Waals surface area (Å²) in [6.45, 7) is 4.46. The molecule has 3 rings (SSSR count). The first-order valence-corrected chi connectivity index (χ1v) is 9.91. The van der Waals surface area contributed by atoms with Gasteiger partial charge in [0.1, 0.15) is 0 Å². The summed E-state index contributed by atoms with van der Waals surface area (Å²) in [5, 5.41) is 0.470. The van der Waals surface area contributed by atoms with Crippen molar-refractivity contribution in [3.05, 3.63) is 96.1 Å². The van der Waals surface area contributed by atoms with E-state index < -0.39 is 0 Å². The van der Waals surface area contributed by atoms with Crippen molar-refractivity contribution in [2.24, 2.45) is 5.92 Å². The fraction of sp³-hybridized carbons (Fsp3) is 0.304. The average molecular weight is 337 g/mol. The number of allylic oxidation sites excluding steroid dienone is 4. The quantitative estimate of drug-likeness (QED) is 0.563. The zero-order valence-electron chi connectivity index (χ0n) is 14.8. The molecule has 1 heteroatoms. The van der Waals surface area contributed by atoms with Gasteiger partial charge in [-0.3, -0.25) is 0 Å². The highest BCUT2D eigenvalue weighted by molar-refractivity contribution is 7.99. The molecule has 126 valence electrons. The van der Waals surface area contributed by atoms with Gasteiger partial charge in [-0.2, -0.15) is 0 Å². The summed E-state index contributed by atoms with van der Waals surface area (Å²) in [4.78, 5) is 0. The first-order chi connectivity index (χ1) is 11.8. The molecule has 0 saturated heterocycles. The highest BCUT2D eigenvalue weighted by atomic mass is 32.2. The third-order valence-corrected chi connectivity index (χ3v) is 5.41. The molecule has 0 aromatic heterocycles. The third kappa shape index (κ3) is 6.41. The number of benzene rings is 2. The van der Waals surface area contributed by atoms with E-state index in [0.29, 0.717) is 5.25 Å². The number of hydrogen-bond donors (Lipinski definition) is 0. The minimum absolute atomic E-state index is 0.470. The number of thioether (sulfide) groups is 1. The van der Waals surface area contributed by atoms with Gasteiger partial charge < -0.3 is 0 Å². The van der Waals surface area contributed by atoms with E-state index in [-0.39, 0.29) is 0 Å². The van der Waals surface area contributed by atoms with Crippen molar-refractivity contribution in [2.75, 3.05) is 5.75 Å². The van der Waals surface area contributed by atoms with Gasteiger partial charge in [-0.1, -0.05) is 98.8 Å². The van der Waals surface area contributed by atoms with Crippen LogP contribution in [0, 0.1) is 5.92 Å². The molecule has 2 aromatic carbocycles. The van der Waals surface area contributed by atoms with Crippen LogP contribution >= 0.6 is 11.8 Å². The van der Waals surface area contributed by atoms with Crippen molar-refractivity contribution >= 4 is 11.8 Å². The fourth-order valence-corrected chi connectivity index (χ4v) is 3.75. The summed E-state index contributed by atoms with van der Waals surface area (Å²) in [6.07, 6.45) is 11.1. The van der Waals surface area contributed by atoms with Gasteiger partial charge in [0.2, 0.25) is 0 Å². The Labute approximate surface area is 151 Å². The van der Waals surface area contributed by atoms with Crippen LogP contribution < -0.4 is 0 Å². The predicted molar refractivity (Wildman–Crippen MR) is 110 cm³/mol. The number of hydrogen-bond acceptors (Lipinski definition) is 1. The summed E-state index contributed by atoms with van der Waals surface area (Å²) in [7, 11) is 0. The van der Waals surface area contributed by atoms with Crippen molar-refractivity contribution in [2.45, 2.75) is 31.9 Å². The Bertz CT molecular complexity index is 573. The molecule has 0 nitrogen and oxygen atoms in total. The van der Waals surface area contributed by atoms with Gasteiger partial charge in [-0.25, -0.2) is 0 Å². The lowest BCUT2D eigenvalue weighted by Crippen LogP contribution is -1.97. The zero-order valence-corrected chi connectivity index (χ0v) is 15.6. The molecule has 0 spiro atoms. The summed E-state index contributed by atoms with van der Waals surface area (Å²) >= 11 is 2.03. The molecule has 1 unspecified atom stereocenters. The van der Waals surface area contributed by atoms with Crippen LogP contribution in [-0.4, -0.2) is 5.75 Å². The monoisotopic (exact) mass is 336 g/mol. The molecule has 1 aliphatic rings. The number of rotatable bonds is 5. The van der Waals surface area contributed by atoms with Crippen molar-refractivity contribution in [3.8, 4) is 0 Å². The summed E-state index contributed by atoms with van der Waals surface area (Å²) in [5.74, 6) is 1.97. The topological polar surface area (TPSA) is 0 Å². The SMILES string of the molecule is CC1C=CC=CC1.CCCSC(c1ccccc1)c1ccccc1. The highest BCUT2D eigenvalue weighted by Crippen LogP contribution is 2.35. The van der Waals surface area contributed by atoms with E-state index in [1.807, 2.05) is 11.8 Å². The smallest absolute Gasteiger partial charge is 0.0546 e. The molecular weight excluding hydrogens is 308 g/mol. The summed E-state index contributed by atoms with van der Waals surface area (Å²) in [5.41, 5.74) is 2.80. The molecule has 0 fully saturated rings. The van der Waals surface area contributed by atoms with E-state index in [0.717, 1.165) is 5.92 Å². The lowest BCUT2D eigenvalue weighted by Gasteiger charge is -2.17. The highest BCUT2D eigenvalue weighted by Gasteiger charge is 2.13. The van der Waals surface area contributed by atoms with Crippen molar-refractivity contribution in [1.29, 1.82) is 0 Å². The minimum atomic E-state index is 0.470. The second-order valence-electron chi connectivity index (χ2n) is 6.10. The van der Waals surface area contributed by atoms with E-state index in [4.69, 9.17) is 0 Å². The second kappa shape index (κ2) is 10.9. The molecule has 24 heavy (non-hydrogen) atoms. The predicted octanol–water partition coefficient (Wildman–Crippen LogP) is 7.06. The molecule has 0 heterocycles. The van der Waals surface area contributed by atoms with Gasteiger partial charge in [0.15, 0.2) is 0 Å². The lowest BCUT2D eigenvalue weighted by molar-refractivity contribution is 0.737. The molecular formula is C23H28S. The average Bonchev–Trinajstić information content (AvgIpc) is 2.65. The maximum Gasteiger partial charge on any atom is 0.0546 e. The molecule has 1 aliphatic carbocycles. The van der Waals surface area contributed by atoms with Crippen molar-refractivity contribution in [3.63, 3.8) is 0 Å². The molecule has 2 aromatic rings. The Hall–Kier alpha value is -1.73. The van der Waals surface area contributed by atoms with E-state index in [9.17, 15) is 0 Å². The van der Waals surface area contributed by atoms with Crippen molar-refractivity contribution < 1.29 is 0 Å². The summed E-state index contributed by atoms with van der Waals surface area (Å²) in [6, 6.07) is 21.5. The molecule has 0 saturated carbocycles. The Morgan fingerprint density at radius 3 is 1.88 bits per heavy atom. The van der Waals surface area contributed by atoms with Gasteiger partial charge in [0, 0.05) is 0 Å². The van der Waals surface area contributed by atoms with Crippen LogP contribution in [0.25, 0.3) is 0 Å². The Balaban J connectivity index is 0.000000249.